The SMILES string of the molecule is Cc1nc(Nc2cc(C3CCN(CCO)CC3F)c(C)cc2C=N)cc(N2CC3CC2CO3)n1. The predicted molar refractivity (Wildman–Crippen MR) is 130 cm³/mol. The van der Waals surface area contributed by atoms with Gasteiger partial charge in [-0.05, 0) is 56.5 Å². The number of nitrogens with one attached hydrogen (secondary N) is 2. The summed E-state index contributed by atoms with van der Waals surface area (Å²) in [6.07, 6.45) is 2.33. The van der Waals surface area contributed by atoms with Crippen molar-refractivity contribution in [3.8, 4) is 0 Å². The van der Waals surface area contributed by atoms with Gasteiger partial charge in [0.05, 0.1) is 25.4 Å². The largest absolute Gasteiger partial charge is 0.395 e. The molecule has 4 unspecified atom stereocenters. The van der Waals surface area contributed by atoms with Crippen LogP contribution in [0.3, 0.4) is 0 Å². The molecule has 3 aliphatic rings. The van der Waals surface area contributed by atoms with Crippen molar-refractivity contribution < 1.29 is 14.2 Å². The number of aryl methyl sites for hydroxylation is 2. The van der Waals surface area contributed by atoms with E-state index < -0.39 is 6.17 Å². The van der Waals surface area contributed by atoms with Crippen LogP contribution < -0.4 is 10.2 Å². The third kappa shape index (κ3) is 4.52. The highest BCUT2D eigenvalue weighted by atomic mass is 19.1. The van der Waals surface area contributed by atoms with E-state index in [9.17, 15) is 5.11 Å². The predicted octanol–water partition coefficient (Wildman–Crippen LogP) is 2.93. The first-order valence-electron chi connectivity index (χ1n) is 12.1. The highest BCUT2D eigenvalue weighted by Gasteiger charge is 2.40. The van der Waals surface area contributed by atoms with E-state index in [0.29, 0.717) is 37.2 Å². The van der Waals surface area contributed by atoms with E-state index >= 15 is 4.39 Å². The summed E-state index contributed by atoms with van der Waals surface area (Å²) in [5.41, 5.74) is 3.43. The minimum atomic E-state index is -1.00. The maximum Gasteiger partial charge on any atom is 0.136 e. The van der Waals surface area contributed by atoms with Gasteiger partial charge in [-0.15, -0.1) is 0 Å². The Morgan fingerprint density at radius 1 is 1.26 bits per heavy atom. The van der Waals surface area contributed by atoms with Crippen LogP contribution >= 0.6 is 0 Å². The summed E-state index contributed by atoms with van der Waals surface area (Å²) in [5, 5.41) is 20.5. The van der Waals surface area contributed by atoms with Gasteiger partial charge in [0.25, 0.3) is 0 Å². The smallest absolute Gasteiger partial charge is 0.136 e. The molecule has 1 aromatic heterocycles. The molecular formula is C25H33FN6O2. The molecule has 0 saturated carbocycles. The van der Waals surface area contributed by atoms with Crippen molar-refractivity contribution in [2.24, 2.45) is 0 Å². The van der Waals surface area contributed by atoms with Crippen LogP contribution in [0.2, 0.25) is 0 Å². The van der Waals surface area contributed by atoms with Crippen LogP contribution in [0, 0.1) is 19.3 Å². The number of rotatable bonds is 7. The third-order valence-corrected chi connectivity index (χ3v) is 7.32. The highest BCUT2D eigenvalue weighted by Crippen LogP contribution is 2.36. The average molecular weight is 469 g/mol. The number of hydrogen-bond donors (Lipinski definition) is 3. The number of aromatic nitrogens is 2. The fraction of sp³-hybridized carbons (Fsp3) is 0.560. The maximum atomic E-state index is 15.2. The van der Waals surface area contributed by atoms with Gasteiger partial charge in [-0.25, -0.2) is 14.4 Å². The Balaban J connectivity index is 1.41. The van der Waals surface area contributed by atoms with Crippen molar-refractivity contribution >= 4 is 23.5 Å². The van der Waals surface area contributed by atoms with Crippen LogP contribution in [0.1, 0.15) is 41.3 Å². The van der Waals surface area contributed by atoms with Crippen LogP contribution in [-0.4, -0.2) is 83.9 Å². The Bertz CT molecular complexity index is 1070. The van der Waals surface area contributed by atoms with E-state index in [0.717, 1.165) is 54.3 Å². The fourth-order valence-corrected chi connectivity index (χ4v) is 5.62. The van der Waals surface area contributed by atoms with Gasteiger partial charge < -0.3 is 25.5 Å². The molecule has 0 radical (unpaired) electrons. The molecule has 34 heavy (non-hydrogen) atoms. The topological polar surface area (TPSA) is 97.6 Å². The molecule has 5 rings (SSSR count). The third-order valence-electron chi connectivity index (χ3n) is 7.32. The van der Waals surface area contributed by atoms with Gasteiger partial charge in [0.15, 0.2) is 0 Å². The molecule has 3 fully saturated rings. The van der Waals surface area contributed by atoms with Crippen molar-refractivity contribution in [2.45, 2.75) is 50.9 Å². The van der Waals surface area contributed by atoms with E-state index in [-0.39, 0.29) is 18.6 Å². The van der Waals surface area contributed by atoms with Gasteiger partial charge in [0, 0.05) is 49.1 Å². The Morgan fingerprint density at radius 3 is 2.79 bits per heavy atom. The second-order valence-electron chi connectivity index (χ2n) is 9.66. The van der Waals surface area contributed by atoms with E-state index in [1.54, 1.807) is 0 Å². The minimum absolute atomic E-state index is 0.0463. The van der Waals surface area contributed by atoms with Crippen molar-refractivity contribution in [3.05, 3.63) is 40.7 Å². The highest BCUT2D eigenvalue weighted by molar-refractivity contribution is 5.88. The number of benzene rings is 1. The number of anilines is 3. The van der Waals surface area contributed by atoms with Gasteiger partial charge in [-0.1, -0.05) is 0 Å². The van der Waals surface area contributed by atoms with Crippen molar-refractivity contribution in [2.75, 3.05) is 49.6 Å². The number of hydrogen-bond acceptors (Lipinski definition) is 8. The summed E-state index contributed by atoms with van der Waals surface area (Å²) >= 11 is 0. The van der Waals surface area contributed by atoms with Gasteiger partial charge in [0.2, 0.25) is 0 Å². The Morgan fingerprint density at radius 2 is 2.12 bits per heavy atom. The van der Waals surface area contributed by atoms with E-state index in [1.165, 1.54) is 6.21 Å². The number of fused-ring (bicyclic) bond motifs is 2. The molecular weight excluding hydrogens is 435 g/mol. The first kappa shape index (κ1) is 23.1. The van der Waals surface area contributed by atoms with Gasteiger partial charge in [0.1, 0.15) is 23.6 Å². The number of piperidine rings is 1. The van der Waals surface area contributed by atoms with Crippen LogP contribution in [0.15, 0.2) is 18.2 Å². The molecule has 1 aromatic carbocycles. The molecule has 4 heterocycles. The van der Waals surface area contributed by atoms with Crippen molar-refractivity contribution in [3.63, 3.8) is 0 Å². The minimum Gasteiger partial charge on any atom is -0.395 e. The van der Waals surface area contributed by atoms with Crippen LogP contribution in [0.4, 0.5) is 21.7 Å². The molecule has 0 amide bonds. The molecule has 182 valence electrons. The maximum absolute atomic E-state index is 15.2. The quantitative estimate of drug-likeness (QED) is 0.538. The van der Waals surface area contributed by atoms with E-state index in [4.69, 9.17) is 10.1 Å². The first-order chi connectivity index (χ1) is 16.4. The lowest BCUT2D eigenvalue weighted by Gasteiger charge is -2.35. The Hall–Kier alpha value is -2.62. The fourth-order valence-electron chi connectivity index (χ4n) is 5.62. The van der Waals surface area contributed by atoms with Crippen molar-refractivity contribution in [1.29, 1.82) is 5.41 Å². The molecule has 2 bridgehead atoms. The first-order valence-corrected chi connectivity index (χ1v) is 12.1. The summed E-state index contributed by atoms with van der Waals surface area (Å²) < 4.78 is 20.9. The Labute approximate surface area is 199 Å². The summed E-state index contributed by atoms with van der Waals surface area (Å²) in [6, 6.07) is 6.24. The van der Waals surface area contributed by atoms with E-state index in [2.05, 4.69) is 20.2 Å². The number of β-amino-alcohol motifs (C(OH)–C–C–N with tert-alkyl or cyclic N) is 1. The number of aliphatic hydroxyl groups is 1. The lowest BCUT2D eigenvalue weighted by Crippen LogP contribution is -2.42. The van der Waals surface area contributed by atoms with Gasteiger partial charge in [-0.3, -0.25) is 4.90 Å². The molecule has 3 N–H and O–H groups in total. The van der Waals surface area contributed by atoms with Crippen LogP contribution in [-0.2, 0) is 4.74 Å². The number of morpholine rings is 1. The summed E-state index contributed by atoms with van der Waals surface area (Å²) in [5.74, 6) is 2.01. The Kier molecular flexibility index (Phi) is 6.50. The standard InChI is InChI=1S/C25H33FN6O2/c1-15-7-17(11-27)23(9-21(15)20-3-4-31(5-6-33)13-22(20)26)30-24-10-25(29-16(2)28-24)32-12-19-8-18(32)14-34-19/h7,9-11,18-20,22,27,33H,3-6,8,12-14H2,1-2H3,(H,28,29,30). The summed E-state index contributed by atoms with van der Waals surface area (Å²) in [7, 11) is 0. The van der Waals surface area contributed by atoms with Crippen LogP contribution in [0.25, 0.3) is 0 Å². The number of nitrogens with zero attached hydrogens (tertiary/aromatic N) is 4. The molecule has 3 saturated heterocycles. The summed E-state index contributed by atoms with van der Waals surface area (Å²) in [6.45, 7) is 7.08. The lowest BCUT2D eigenvalue weighted by atomic mass is 9.84. The molecule has 0 spiro atoms. The lowest BCUT2D eigenvalue weighted by molar-refractivity contribution is 0.0988. The normalized spacial score (nSPS) is 26.8. The van der Waals surface area contributed by atoms with E-state index in [1.807, 2.05) is 36.9 Å². The number of likely N-dealkylation sites (tertiary alicyclic amines) is 1. The van der Waals surface area contributed by atoms with Gasteiger partial charge in [-0.2, -0.15) is 0 Å². The average Bonchev–Trinajstić information content (AvgIpc) is 3.44. The molecule has 3 aliphatic heterocycles. The molecule has 4 atom stereocenters. The zero-order valence-corrected chi connectivity index (χ0v) is 19.8. The zero-order chi connectivity index (χ0) is 23.8. The number of alkyl halides is 1. The summed E-state index contributed by atoms with van der Waals surface area (Å²) in [4.78, 5) is 13.5. The molecule has 2 aromatic rings. The second kappa shape index (κ2) is 9.56. The number of halogens is 1. The van der Waals surface area contributed by atoms with Gasteiger partial charge >= 0.3 is 0 Å². The molecule has 8 nitrogen and oxygen atoms in total. The second-order valence-corrected chi connectivity index (χ2v) is 9.66. The molecule has 9 heteroatoms. The van der Waals surface area contributed by atoms with Crippen molar-refractivity contribution in [1.82, 2.24) is 14.9 Å². The zero-order valence-electron chi connectivity index (χ0n) is 19.8. The molecule has 0 aliphatic carbocycles. The monoisotopic (exact) mass is 468 g/mol. The van der Waals surface area contributed by atoms with Crippen LogP contribution in [0.5, 0.6) is 0 Å². The number of aliphatic hydroxyl groups excluding tert-OH is 1. The number of ether oxygens (including phenoxy) is 1.